The van der Waals surface area contributed by atoms with Crippen LogP contribution in [0.3, 0.4) is 0 Å². The van der Waals surface area contributed by atoms with E-state index in [0.717, 1.165) is 42.9 Å². The number of piperidine rings is 1. The SMILES string of the molecule is Cc1ccc(OCC(=O)N[C@@H]2CCCN(c3cnn(C)c3)C2)cc1C. The van der Waals surface area contributed by atoms with Crippen LogP contribution in [0.15, 0.2) is 30.6 Å². The molecule has 1 aliphatic heterocycles. The molecule has 6 nitrogen and oxygen atoms in total. The second-order valence-corrected chi connectivity index (χ2v) is 6.76. The Morgan fingerprint density at radius 3 is 2.92 bits per heavy atom. The van der Waals surface area contributed by atoms with Gasteiger partial charge in [-0.1, -0.05) is 6.07 Å². The number of benzene rings is 1. The molecule has 134 valence electrons. The first-order valence-corrected chi connectivity index (χ1v) is 8.74. The average Bonchev–Trinajstić information content (AvgIpc) is 3.03. The molecule has 2 heterocycles. The van der Waals surface area contributed by atoms with Crippen molar-refractivity contribution in [3.63, 3.8) is 0 Å². The Labute approximate surface area is 148 Å². The summed E-state index contributed by atoms with van der Waals surface area (Å²) in [6.07, 6.45) is 5.92. The van der Waals surface area contributed by atoms with Crippen LogP contribution in [0.25, 0.3) is 0 Å². The molecular weight excluding hydrogens is 316 g/mol. The zero-order chi connectivity index (χ0) is 17.8. The molecule has 1 aliphatic rings. The van der Waals surface area contributed by atoms with Gasteiger partial charge in [-0.05, 0) is 49.9 Å². The van der Waals surface area contributed by atoms with E-state index in [1.165, 1.54) is 5.56 Å². The Bertz CT molecular complexity index is 741. The molecule has 0 aliphatic carbocycles. The van der Waals surface area contributed by atoms with E-state index in [0.29, 0.717) is 0 Å². The van der Waals surface area contributed by atoms with Crippen LogP contribution in [0.4, 0.5) is 5.69 Å². The summed E-state index contributed by atoms with van der Waals surface area (Å²) in [5.41, 5.74) is 3.49. The maximum atomic E-state index is 12.2. The quantitative estimate of drug-likeness (QED) is 0.905. The number of hydrogen-bond acceptors (Lipinski definition) is 4. The number of aromatic nitrogens is 2. The number of nitrogens with one attached hydrogen (secondary N) is 1. The Kier molecular flexibility index (Phi) is 5.26. The minimum Gasteiger partial charge on any atom is -0.484 e. The van der Waals surface area contributed by atoms with E-state index in [1.807, 2.05) is 44.6 Å². The summed E-state index contributed by atoms with van der Waals surface area (Å²) in [5.74, 6) is 0.662. The van der Waals surface area contributed by atoms with E-state index in [2.05, 4.69) is 22.2 Å². The fourth-order valence-electron chi connectivity index (χ4n) is 3.12. The van der Waals surface area contributed by atoms with Gasteiger partial charge in [0.25, 0.3) is 5.91 Å². The maximum Gasteiger partial charge on any atom is 0.258 e. The lowest BCUT2D eigenvalue weighted by Gasteiger charge is -2.33. The third-order valence-electron chi connectivity index (χ3n) is 4.69. The van der Waals surface area contributed by atoms with E-state index in [1.54, 1.807) is 4.68 Å². The predicted molar refractivity (Wildman–Crippen MR) is 98.0 cm³/mol. The van der Waals surface area contributed by atoms with Crippen LogP contribution in [0.5, 0.6) is 5.75 Å². The van der Waals surface area contributed by atoms with Crippen molar-refractivity contribution < 1.29 is 9.53 Å². The lowest BCUT2D eigenvalue weighted by Crippen LogP contribution is -2.48. The molecule has 1 amide bonds. The van der Waals surface area contributed by atoms with Crippen molar-refractivity contribution in [2.75, 3.05) is 24.6 Å². The van der Waals surface area contributed by atoms with Gasteiger partial charge >= 0.3 is 0 Å². The summed E-state index contributed by atoms with van der Waals surface area (Å²) in [6, 6.07) is 6.02. The van der Waals surface area contributed by atoms with E-state index < -0.39 is 0 Å². The zero-order valence-corrected chi connectivity index (χ0v) is 15.2. The number of nitrogens with zero attached hydrogens (tertiary/aromatic N) is 3. The molecule has 2 aromatic rings. The molecule has 0 spiro atoms. The van der Waals surface area contributed by atoms with Crippen molar-refractivity contribution in [1.82, 2.24) is 15.1 Å². The van der Waals surface area contributed by atoms with E-state index in [-0.39, 0.29) is 18.6 Å². The third kappa shape index (κ3) is 4.53. The summed E-state index contributed by atoms with van der Waals surface area (Å²) in [4.78, 5) is 14.5. The molecular formula is C19H26N4O2. The highest BCUT2D eigenvalue weighted by atomic mass is 16.5. The average molecular weight is 342 g/mol. The second kappa shape index (κ2) is 7.59. The van der Waals surface area contributed by atoms with Crippen LogP contribution >= 0.6 is 0 Å². The number of amides is 1. The summed E-state index contributed by atoms with van der Waals surface area (Å²) in [5, 5.41) is 7.31. The van der Waals surface area contributed by atoms with Gasteiger partial charge in [0.05, 0.1) is 11.9 Å². The summed E-state index contributed by atoms with van der Waals surface area (Å²) >= 11 is 0. The molecule has 0 saturated carbocycles. The Morgan fingerprint density at radius 1 is 1.36 bits per heavy atom. The molecule has 6 heteroatoms. The van der Waals surface area contributed by atoms with Crippen LogP contribution in [0.1, 0.15) is 24.0 Å². The Morgan fingerprint density at radius 2 is 2.20 bits per heavy atom. The first-order chi connectivity index (χ1) is 12.0. The van der Waals surface area contributed by atoms with Gasteiger partial charge in [0.1, 0.15) is 5.75 Å². The lowest BCUT2D eigenvalue weighted by molar-refractivity contribution is -0.123. The van der Waals surface area contributed by atoms with E-state index in [9.17, 15) is 4.79 Å². The Balaban J connectivity index is 1.49. The van der Waals surface area contributed by atoms with Crippen LogP contribution < -0.4 is 15.0 Å². The van der Waals surface area contributed by atoms with Crippen molar-refractivity contribution in [3.05, 3.63) is 41.7 Å². The van der Waals surface area contributed by atoms with Gasteiger partial charge in [-0.3, -0.25) is 9.48 Å². The second-order valence-electron chi connectivity index (χ2n) is 6.76. The van der Waals surface area contributed by atoms with Gasteiger partial charge in [-0.2, -0.15) is 5.10 Å². The minimum absolute atomic E-state index is 0.0475. The van der Waals surface area contributed by atoms with Crippen molar-refractivity contribution in [2.45, 2.75) is 32.7 Å². The predicted octanol–water partition coefficient (Wildman–Crippen LogP) is 2.20. The number of hydrogen-bond donors (Lipinski definition) is 1. The van der Waals surface area contributed by atoms with E-state index in [4.69, 9.17) is 4.74 Å². The van der Waals surface area contributed by atoms with Crippen LogP contribution in [0, 0.1) is 13.8 Å². The van der Waals surface area contributed by atoms with Gasteiger partial charge in [-0.15, -0.1) is 0 Å². The number of rotatable bonds is 5. The number of carbonyl (C=O) groups excluding carboxylic acids is 1. The van der Waals surface area contributed by atoms with E-state index >= 15 is 0 Å². The van der Waals surface area contributed by atoms with Crippen LogP contribution in [-0.2, 0) is 11.8 Å². The standard InChI is InChI=1S/C19H26N4O2/c1-14-6-7-18(9-15(14)2)25-13-19(24)21-16-5-4-8-23(11-16)17-10-20-22(3)12-17/h6-7,9-10,12,16H,4-5,8,11,13H2,1-3H3,(H,21,24)/t16-/m1/s1. The minimum atomic E-state index is -0.0729. The number of ether oxygens (including phenoxy) is 1. The zero-order valence-electron chi connectivity index (χ0n) is 15.2. The van der Waals surface area contributed by atoms with Crippen LogP contribution in [-0.4, -0.2) is 41.4 Å². The van der Waals surface area contributed by atoms with Crippen molar-refractivity contribution in [2.24, 2.45) is 7.05 Å². The molecule has 3 rings (SSSR count). The van der Waals surface area contributed by atoms with Gasteiger partial charge in [0.15, 0.2) is 6.61 Å². The topological polar surface area (TPSA) is 59.4 Å². The largest absolute Gasteiger partial charge is 0.484 e. The van der Waals surface area contributed by atoms with Gasteiger partial charge in [-0.25, -0.2) is 0 Å². The molecule has 25 heavy (non-hydrogen) atoms. The highest BCUT2D eigenvalue weighted by Crippen LogP contribution is 2.19. The number of anilines is 1. The smallest absolute Gasteiger partial charge is 0.258 e. The highest BCUT2D eigenvalue weighted by molar-refractivity contribution is 5.78. The monoisotopic (exact) mass is 342 g/mol. The molecule has 0 unspecified atom stereocenters. The maximum absolute atomic E-state index is 12.2. The van der Waals surface area contributed by atoms with Crippen molar-refractivity contribution >= 4 is 11.6 Å². The molecule has 1 N–H and O–H groups in total. The fraction of sp³-hybridized carbons (Fsp3) is 0.474. The van der Waals surface area contributed by atoms with Gasteiger partial charge in [0.2, 0.25) is 0 Å². The summed E-state index contributed by atoms with van der Waals surface area (Å²) < 4.78 is 7.42. The summed E-state index contributed by atoms with van der Waals surface area (Å²) in [7, 11) is 1.91. The van der Waals surface area contributed by atoms with Crippen molar-refractivity contribution in [3.8, 4) is 5.75 Å². The molecule has 1 atom stereocenters. The van der Waals surface area contributed by atoms with Crippen LogP contribution in [0.2, 0.25) is 0 Å². The first kappa shape index (κ1) is 17.3. The van der Waals surface area contributed by atoms with Gasteiger partial charge < -0.3 is 15.0 Å². The normalized spacial score (nSPS) is 17.4. The third-order valence-corrected chi connectivity index (χ3v) is 4.69. The highest BCUT2D eigenvalue weighted by Gasteiger charge is 2.22. The number of carbonyl (C=O) groups is 1. The molecule has 0 radical (unpaired) electrons. The first-order valence-electron chi connectivity index (χ1n) is 8.74. The van der Waals surface area contributed by atoms with Crippen molar-refractivity contribution in [1.29, 1.82) is 0 Å². The Hall–Kier alpha value is -2.50. The summed E-state index contributed by atoms with van der Waals surface area (Å²) in [6.45, 7) is 5.95. The van der Waals surface area contributed by atoms with Gasteiger partial charge in [0, 0.05) is 32.4 Å². The lowest BCUT2D eigenvalue weighted by atomic mass is 10.1. The molecule has 1 saturated heterocycles. The molecule has 1 aromatic carbocycles. The molecule has 1 fully saturated rings. The molecule has 0 bridgehead atoms. The number of aryl methyl sites for hydroxylation is 3. The fourth-order valence-corrected chi connectivity index (χ4v) is 3.12. The molecule has 1 aromatic heterocycles.